The van der Waals surface area contributed by atoms with Gasteiger partial charge in [0.1, 0.15) is 0 Å². The molecule has 8 heteroatoms. The van der Waals surface area contributed by atoms with Crippen LogP contribution in [-0.2, 0) is 11.3 Å². The Labute approximate surface area is 114 Å². The van der Waals surface area contributed by atoms with Crippen LogP contribution in [0.2, 0.25) is 0 Å². The van der Waals surface area contributed by atoms with E-state index >= 15 is 0 Å². The van der Waals surface area contributed by atoms with Crippen molar-refractivity contribution in [1.29, 1.82) is 0 Å². The molecule has 0 aliphatic carbocycles. The monoisotopic (exact) mass is 281 g/mol. The van der Waals surface area contributed by atoms with E-state index in [1.807, 2.05) is 4.57 Å². The van der Waals surface area contributed by atoms with Gasteiger partial charge in [-0.2, -0.15) is 5.10 Å². The van der Waals surface area contributed by atoms with E-state index in [0.717, 1.165) is 12.1 Å². The van der Waals surface area contributed by atoms with E-state index < -0.39 is 5.97 Å². The highest BCUT2D eigenvalue weighted by atomic mass is 32.2. The molecular weight excluding hydrogens is 266 g/mol. The highest BCUT2D eigenvalue weighted by Gasteiger charge is 2.16. The van der Waals surface area contributed by atoms with E-state index in [2.05, 4.69) is 34.2 Å². The number of thioether (sulfide) groups is 1. The predicted octanol–water partition coefficient (Wildman–Crippen LogP) is 1.50. The largest absolute Gasteiger partial charge is 0.481 e. The molecule has 0 saturated heterocycles. The van der Waals surface area contributed by atoms with Crippen molar-refractivity contribution in [3.63, 3.8) is 0 Å². The summed E-state index contributed by atoms with van der Waals surface area (Å²) >= 11 is 1.17. The molecule has 7 nitrogen and oxygen atoms in total. The van der Waals surface area contributed by atoms with Crippen LogP contribution in [0.25, 0.3) is 11.4 Å². The van der Waals surface area contributed by atoms with Gasteiger partial charge in [-0.15, -0.1) is 10.2 Å². The van der Waals surface area contributed by atoms with Crippen LogP contribution in [0.3, 0.4) is 0 Å². The van der Waals surface area contributed by atoms with Crippen molar-refractivity contribution in [1.82, 2.24) is 25.0 Å². The highest BCUT2D eigenvalue weighted by Crippen LogP contribution is 2.24. The summed E-state index contributed by atoms with van der Waals surface area (Å²) in [6.07, 6.45) is 3.42. The second-order valence-electron chi connectivity index (χ2n) is 4.48. The SMILES string of the molecule is CC(C)Cn1c(SCC(=O)O)nnc1-c1cn[nH]c1. The van der Waals surface area contributed by atoms with E-state index in [-0.39, 0.29) is 5.75 Å². The van der Waals surface area contributed by atoms with Gasteiger partial charge >= 0.3 is 5.97 Å². The van der Waals surface area contributed by atoms with Gasteiger partial charge in [0.15, 0.2) is 11.0 Å². The Bertz CT molecular complexity index is 549. The minimum atomic E-state index is -0.867. The van der Waals surface area contributed by atoms with Gasteiger partial charge in [-0.05, 0) is 5.92 Å². The van der Waals surface area contributed by atoms with Crippen molar-refractivity contribution in [3.05, 3.63) is 12.4 Å². The third-order valence-electron chi connectivity index (χ3n) is 2.35. The molecule has 0 radical (unpaired) electrons. The number of nitrogens with one attached hydrogen (secondary N) is 1. The molecule has 0 aliphatic heterocycles. The van der Waals surface area contributed by atoms with Crippen molar-refractivity contribution in [2.24, 2.45) is 5.92 Å². The van der Waals surface area contributed by atoms with Crippen LogP contribution in [0.15, 0.2) is 17.6 Å². The molecule has 2 aromatic heterocycles. The zero-order valence-corrected chi connectivity index (χ0v) is 11.5. The maximum atomic E-state index is 10.6. The Morgan fingerprint density at radius 3 is 2.89 bits per heavy atom. The number of aromatic nitrogens is 5. The van der Waals surface area contributed by atoms with Crippen LogP contribution in [0, 0.1) is 5.92 Å². The van der Waals surface area contributed by atoms with Crippen molar-refractivity contribution >= 4 is 17.7 Å². The Hall–Kier alpha value is -1.83. The van der Waals surface area contributed by atoms with Crippen molar-refractivity contribution < 1.29 is 9.90 Å². The van der Waals surface area contributed by atoms with Gasteiger partial charge < -0.3 is 9.67 Å². The summed E-state index contributed by atoms with van der Waals surface area (Å²) in [5, 5.41) is 24.2. The summed E-state index contributed by atoms with van der Waals surface area (Å²) in [5.74, 6) is 0.219. The molecule has 0 bridgehead atoms. The summed E-state index contributed by atoms with van der Waals surface area (Å²) in [6, 6.07) is 0. The molecule has 0 unspecified atom stereocenters. The third-order valence-corrected chi connectivity index (χ3v) is 3.30. The first-order valence-electron chi connectivity index (χ1n) is 5.85. The minimum absolute atomic E-state index is 0.0262. The first kappa shape index (κ1) is 13.6. The van der Waals surface area contributed by atoms with Gasteiger partial charge in [0, 0.05) is 12.7 Å². The molecular formula is C11H15N5O2S. The molecule has 2 rings (SSSR count). The Kier molecular flexibility index (Phi) is 4.20. The smallest absolute Gasteiger partial charge is 0.313 e. The Balaban J connectivity index is 2.30. The number of aromatic amines is 1. The lowest BCUT2D eigenvalue weighted by atomic mass is 10.2. The fraction of sp³-hybridized carbons (Fsp3) is 0.455. The molecule has 102 valence electrons. The van der Waals surface area contributed by atoms with E-state index in [0.29, 0.717) is 16.9 Å². The lowest BCUT2D eigenvalue weighted by Gasteiger charge is -2.11. The van der Waals surface area contributed by atoms with Gasteiger partial charge in [0.25, 0.3) is 0 Å². The molecule has 19 heavy (non-hydrogen) atoms. The first-order chi connectivity index (χ1) is 9.08. The summed E-state index contributed by atoms with van der Waals surface area (Å²) < 4.78 is 1.93. The van der Waals surface area contributed by atoms with Gasteiger partial charge in [0.2, 0.25) is 0 Å². The fourth-order valence-electron chi connectivity index (χ4n) is 1.64. The van der Waals surface area contributed by atoms with Crippen LogP contribution >= 0.6 is 11.8 Å². The van der Waals surface area contributed by atoms with Crippen LogP contribution in [-0.4, -0.2) is 41.8 Å². The Morgan fingerprint density at radius 1 is 1.53 bits per heavy atom. The number of carbonyl (C=O) groups is 1. The Morgan fingerprint density at radius 2 is 2.32 bits per heavy atom. The number of hydrogen-bond acceptors (Lipinski definition) is 5. The minimum Gasteiger partial charge on any atom is -0.481 e. The molecule has 0 aromatic carbocycles. The second-order valence-corrected chi connectivity index (χ2v) is 5.42. The highest BCUT2D eigenvalue weighted by molar-refractivity contribution is 7.99. The van der Waals surface area contributed by atoms with Gasteiger partial charge in [-0.25, -0.2) is 0 Å². The number of carboxylic acid groups (broad SMARTS) is 1. The fourth-order valence-corrected chi connectivity index (χ4v) is 2.31. The topological polar surface area (TPSA) is 96.7 Å². The van der Waals surface area contributed by atoms with E-state index in [1.54, 1.807) is 12.4 Å². The van der Waals surface area contributed by atoms with Crippen molar-refractivity contribution in [2.75, 3.05) is 5.75 Å². The molecule has 0 spiro atoms. The molecule has 0 atom stereocenters. The average Bonchev–Trinajstić information content (AvgIpc) is 2.94. The average molecular weight is 281 g/mol. The quantitative estimate of drug-likeness (QED) is 0.779. The lowest BCUT2D eigenvalue weighted by molar-refractivity contribution is -0.133. The van der Waals surface area contributed by atoms with Crippen LogP contribution in [0.1, 0.15) is 13.8 Å². The molecule has 0 fully saturated rings. The molecule has 0 amide bonds. The number of aliphatic carboxylic acids is 1. The summed E-state index contributed by atoms with van der Waals surface area (Å²) in [6.45, 7) is 4.91. The van der Waals surface area contributed by atoms with Gasteiger partial charge in [-0.1, -0.05) is 25.6 Å². The number of rotatable bonds is 6. The normalized spacial score (nSPS) is 11.1. The molecule has 2 N–H and O–H groups in total. The third kappa shape index (κ3) is 3.34. The van der Waals surface area contributed by atoms with Gasteiger partial charge in [0.05, 0.1) is 17.5 Å². The molecule has 0 saturated carbocycles. The number of nitrogens with zero attached hydrogens (tertiary/aromatic N) is 4. The molecule has 2 aromatic rings. The summed E-state index contributed by atoms with van der Waals surface area (Å²) in [7, 11) is 0. The zero-order valence-electron chi connectivity index (χ0n) is 10.7. The predicted molar refractivity (Wildman–Crippen MR) is 70.8 cm³/mol. The van der Waals surface area contributed by atoms with Crippen LogP contribution in [0.4, 0.5) is 0 Å². The first-order valence-corrected chi connectivity index (χ1v) is 6.83. The van der Waals surface area contributed by atoms with Gasteiger partial charge in [-0.3, -0.25) is 9.89 Å². The maximum Gasteiger partial charge on any atom is 0.313 e. The summed E-state index contributed by atoms with van der Waals surface area (Å²) in [4.78, 5) is 10.6. The lowest BCUT2D eigenvalue weighted by Crippen LogP contribution is -2.08. The van der Waals surface area contributed by atoms with Crippen molar-refractivity contribution in [3.8, 4) is 11.4 Å². The number of hydrogen-bond donors (Lipinski definition) is 2. The molecule has 2 heterocycles. The standard InChI is InChI=1S/C11H15N5O2S/c1-7(2)5-16-10(8-3-12-13-4-8)14-15-11(16)19-6-9(17)18/h3-4,7H,5-6H2,1-2H3,(H,12,13)(H,17,18). The van der Waals surface area contributed by atoms with E-state index in [1.165, 1.54) is 11.8 Å². The van der Waals surface area contributed by atoms with Crippen LogP contribution < -0.4 is 0 Å². The number of carboxylic acids is 1. The summed E-state index contributed by atoms with van der Waals surface area (Å²) in [5.41, 5.74) is 0.843. The zero-order chi connectivity index (χ0) is 13.8. The number of H-pyrrole nitrogens is 1. The molecule has 0 aliphatic rings. The van der Waals surface area contributed by atoms with Crippen molar-refractivity contribution in [2.45, 2.75) is 25.5 Å². The maximum absolute atomic E-state index is 10.6. The van der Waals surface area contributed by atoms with E-state index in [9.17, 15) is 4.79 Å². The van der Waals surface area contributed by atoms with E-state index in [4.69, 9.17) is 5.11 Å². The van der Waals surface area contributed by atoms with Crippen LogP contribution in [0.5, 0.6) is 0 Å². The second kappa shape index (κ2) is 5.87.